The summed E-state index contributed by atoms with van der Waals surface area (Å²) < 4.78 is 1.74. The quantitative estimate of drug-likeness (QED) is 0.350. The van der Waals surface area contributed by atoms with Gasteiger partial charge < -0.3 is 20.6 Å². The molecular formula is C20H21N9O2S. The second kappa shape index (κ2) is 7.28. The molecule has 164 valence electrons. The first kappa shape index (κ1) is 19.2. The third-order valence-corrected chi connectivity index (χ3v) is 6.59. The van der Waals surface area contributed by atoms with Crippen LogP contribution in [0.2, 0.25) is 0 Å². The van der Waals surface area contributed by atoms with Gasteiger partial charge in [0.2, 0.25) is 11.9 Å². The first-order valence-corrected chi connectivity index (χ1v) is 11.3. The Kier molecular flexibility index (Phi) is 4.36. The Morgan fingerprint density at radius 2 is 2.28 bits per heavy atom. The number of carbonyl (C=O) groups excluding carboxylic acids is 1. The van der Waals surface area contributed by atoms with E-state index < -0.39 is 5.60 Å². The van der Waals surface area contributed by atoms with Gasteiger partial charge in [0.25, 0.3) is 0 Å². The summed E-state index contributed by atoms with van der Waals surface area (Å²) in [5.41, 5.74) is 0.687. The molecule has 1 aliphatic carbocycles. The largest absolute Gasteiger partial charge is 0.384 e. The van der Waals surface area contributed by atoms with Gasteiger partial charge in [-0.1, -0.05) is 0 Å². The smallest absolute Gasteiger partial charge is 0.248 e. The summed E-state index contributed by atoms with van der Waals surface area (Å²) >= 11 is 1.39. The van der Waals surface area contributed by atoms with Crippen LogP contribution in [0.1, 0.15) is 31.4 Å². The molecule has 11 nitrogen and oxygen atoms in total. The Labute approximate surface area is 186 Å². The van der Waals surface area contributed by atoms with Crippen molar-refractivity contribution >= 4 is 45.5 Å². The van der Waals surface area contributed by atoms with Crippen molar-refractivity contribution < 1.29 is 9.90 Å². The minimum atomic E-state index is -0.790. The summed E-state index contributed by atoms with van der Waals surface area (Å²) in [4.78, 5) is 23.7. The lowest BCUT2D eigenvalue weighted by molar-refractivity contribution is -0.117. The molecule has 6 rings (SSSR count). The number of nitrogens with zero attached hydrogens (tertiary/aromatic N) is 6. The van der Waals surface area contributed by atoms with E-state index in [1.165, 1.54) is 11.3 Å². The number of thiazole rings is 1. The number of hydrogen-bond donors (Lipinski definition) is 4. The van der Waals surface area contributed by atoms with Gasteiger partial charge in [-0.3, -0.25) is 9.89 Å². The lowest BCUT2D eigenvalue weighted by Crippen LogP contribution is -2.40. The Morgan fingerprint density at radius 1 is 1.38 bits per heavy atom. The maximum Gasteiger partial charge on any atom is 0.248 e. The summed E-state index contributed by atoms with van der Waals surface area (Å²) in [6, 6.07) is 5.22. The van der Waals surface area contributed by atoms with E-state index in [1.54, 1.807) is 16.8 Å². The van der Waals surface area contributed by atoms with E-state index in [-0.39, 0.29) is 11.9 Å². The predicted molar refractivity (Wildman–Crippen MR) is 119 cm³/mol. The Morgan fingerprint density at radius 3 is 3.09 bits per heavy atom. The molecule has 0 spiro atoms. The van der Waals surface area contributed by atoms with Crippen molar-refractivity contribution in [2.24, 2.45) is 0 Å². The summed E-state index contributed by atoms with van der Waals surface area (Å²) in [6.07, 6.45) is 6.55. The van der Waals surface area contributed by atoms with Gasteiger partial charge >= 0.3 is 0 Å². The molecule has 2 aliphatic rings. The molecule has 4 N–H and O–H groups in total. The van der Waals surface area contributed by atoms with E-state index in [1.807, 2.05) is 28.6 Å². The number of nitrogens with one attached hydrogen (secondary N) is 3. The number of aromatic amines is 1. The molecule has 1 saturated heterocycles. The number of H-pyrrole nitrogens is 1. The second-order valence-corrected chi connectivity index (χ2v) is 8.99. The maximum atomic E-state index is 12.9. The molecule has 1 atom stereocenters. The van der Waals surface area contributed by atoms with Crippen LogP contribution in [0.15, 0.2) is 36.0 Å². The van der Waals surface area contributed by atoms with Crippen molar-refractivity contribution in [3.05, 3.63) is 41.7 Å². The van der Waals surface area contributed by atoms with Crippen LogP contribution in [-0.2, 0) is 10.4 Å². The highest BCUT2D eigenvalue weighted by molar-refractivity contribution is 7.13. The SMILES string of the molecule is O=C(Nc1nccs1)[C@@H]1CCCN1c1nc(Nc2cc(C3(O)CC3)[nH]n2)c2cccn2n1. The van der Waals surface area contributed by atoms with Gasteiger partial charge in [-0.25, -0.2) is 9.50 Å². The summed E-state index contributed by atoms with van der Waals surface area (Å²) in [7, 11) is 0. The Hall–Kier alpha value is -3.51. The zero-order valence-electron chi connectivity index (χ0n) is 17.0. The third kappa shape index (κ3) is 3.37. The van der Waals surface area contributed by atoms with Gasteiger partial charge in [0.15, 0.2) is 16.8 Å². The second-order valence-electron chi connectivity index (χ2n) is 8.10. The number of rotatable bonds is 6. The van der Waals surface area contributed by atoms with Crippen molar-refractivity contribution in [1.29, 1.82) is 0 Å². The van der Waals surface area contributed by atoms with Crippen molar-refractivity contribution in [3.8, 4) is 0 Å². The average Bonchev–Trinajstić information content (AvgIpc) is 3.38. The molecular weight excluding hydrogens is 430 g/mol. The molecule has 1 amide bonds. The van der Waals surface area contributed by atoms with E-state index >= 15 is 0 Å². The number of fused-ring (bicyclic) bond motifs is 1. The number of anilines is 4. The van der Waals surface area contributed by atoms with Crippen LogP contribution in [0.25, 0.3) is 5.52 Å². The topological polar surface area (TPSA) is 136 Å². The molecule has 4 aromatic heterocycles. The van der Waals surface area contributed by atoms with E-state index in [4.69, 9.17) is 4.98 Å². The fourth-order valence-electron chi connectivity index (χ4n) is 4.02. The molecule has 32 heavy (non-hydrogen) atoms. The third-order valence-electron chi connectivity index (χ3n) is 5.90. The first-order valence-electron chi connectivity index (χ1n) is 10.5. The minimum Gasteiger partial charge on any atom is -0.384 e. The lowest BCUT2D eigenvalue weighted by Gasteiger charge is -2.24. The molecule has 0 radical (unpaired) electrons. The molecule has 5 heterocycles. The van der Waals surface area contributed by atoms with Crippen LogP contribution >= 0.6 is 11.3 Å². The molecule has 0 aromatic carbocycles. The van der Waals surface area contributed by atoms with Gasteiger partial charge in [-0.2, -0.15) is 10.1 Å². The Bertz CT molecular complexity index is 1280. The van der Waals surface area contributed by atoms with Gasteiger partial charge in [0, 0.05) is 30.4 Å². The van der Waals surface area contributed by atoms with Gasteiger partial charge in [0.05, 0.1) is 5.69 Å². The molecule has 1 aliphatic heterocycles. The standard InChI is InChI=1S/C20H21N9O2S/c30-17(24-19-21-7-10-32-19)13-4-1-8-28(13)18-23-16(12-3-2-9-29(12)27-18)22-15-11-14(25-26-15)20(31)5-6-20/h2-3,7,9-11,13,31H,1,4-6,8H2,(H,21,24,30)(H2,22,23,25,26,27)/t13-/m0/s1. The van der Waals surface area contributed by atoms with Crippen molar-refractivity contribution in [2.75, 3.05) is 22.1 Å². The van der Waals surface area contributed by atoms with Gasteiger partial charge in [0.1, 0.15) is 17.2 Å². The minimum absolute atomic E-state index is 0.113. The number of amides is 1. The zero-order chi connectivity index (χ0) is 21.7. The highest BCUT2D eigenvalue weighted by Crippen LogP contribution is 2.44. The van der Waals surface area contributed by atoms with Crippen molar-refractivity contribution in [3.63, 3.8) is 0 Å². The van der Waals surface area contributed by atoms with Crippen molar-refractivity contribution in [1.82, 2.24) is 29.8 Å². The fraction of sp³-hybridized carbons (Fsp3) is 0.350. The van der Waals surface area contributed by atoms with Crippen molar-refractivity contribution in [2.45, 2.75) is 37.3 Å². The molecule has 12 heteroatoms. The summed E-state index contributed by atoms with van der Waals surface area (Å²) in [6.45, 7) is 0.682. The monoisotopic (exact) mass is 451 g/mol. The normalized spacial score (nSPS) is 19.4. The van der Waals surface area contributed by atoms with E-state index in [0.717, 1.165) is 24.8 Å². The Balaban J connectivity index is 1.29. The number of carbonyl (C=O) groups is 1. The highest BCUT2D eigenvalue weighted by atomic mass is 32.1. The van der Waals surface area contributed by atoms with Crippen LogP contribution in [0.3, 0.4) is 0 Å². The van der Waals surface area contributed by atoms with E-state index in [2.05, 4.69) is 30.9 Å². The van der Waals surface area contributed by atoms with Gasteiger partial charge in [-0.15, -0.1) is 16.4 Å². The number of aliphatic hydroxyl groups is 1. The lowest BCUT2D eigenvalue weighted by atomic mass is 10.2. The number of hydrogen-bond acceptors (Lipinski definition) is 9. The molecule has 2 fully saturated rings. The highest BCUT2D eigenvalue weighted by Gasteiger charge is 2.44. The molecule has 1 saturated carbocycles. The van der Waals surface area contributed by atoms with Crippen LogP contribution in [0, 0.1) is 0 Å². The predicted octanol–water partition coefficient (Wildman–Crippen LogP) is 2.24. The molecule has 0 bridgehead atoms. The average molecular weight is 452 g/mol. The summed E-state index contributed by atoms with van der Waals surface area (Å²) in [5.74, 6) is 1.49. The fourth-order valence-corrected chi connectivity index (χ4v) is 4.55. The van der Waals surface area contributed by atoms with E-state index in [0.29, 0.717) is 41.4 Å². The zero-order valence-corrected chi connectivity index (χ0v) is 17.8. The molecule has 0 unspecified atom stereocenters. The maximum absolute atomic E-state index is 12.9. The van der Waals surface area contributed by atoms with Crippen LogP contribution in [0.4, 0.5) is 22.7 Å². The van der Waals surface area contributed by atoms with Gasteiger partial charge in [-0.05, 0) is 37.8 Å². The van der Waals surface area contributed by atoms with E-state index in [9.17, 15) is 9.90 Å². The summed E-state index contributed by atoms with van der Waals surface area (Å²) in [5, 5.41) is 30.6. The molecule has 4 aromatic rings. The first-order chi connectivity index (χ1) is 15.6. The van der Waals surface area contributed by atoms with Crippen LogP contribution < -0.4 is 15.5 Å². The van der Waals surface area contributed by atoms with Crippen LogP contribution in [0.5, 0.6) is 0 Å². The van der Waals surface area contributed by atoms with Crippen LogP contribution in [-0.4, -0.2) is 53.4 Å². The number of aromatic nitrogens is 6.